The summed E-state index contributed by atoms with van der Waals surface area (Å²) in [5.74, 6) is -0.0196. The smallest absolute Gasteiger partial charge is 0.354 e. The number of rotatable bonds is 2. The molecule has 20 heavy (non-hydrogen) atoms. The lowest BCUT2D eigenvalue weighted by atomic mass is 10.1. The first-order valence-corrected chi connectivity index (χ1v) is 6.96. The number of hydrogen-bond acceptors (Lipinski definition) is 4. The summed E-state index contributed by atoms with van der Waals surface area (Å²) in [4.78, 5) is 13.1. The van der Waals surface area contributed by atoms with Crippen LogP contribution in [0.15, 0.2) is 67.5 Å². The monoisotopic (exact) mass is 284 g/mol. The molecular weight excluding hydrogens is 272 g/mol. The highest BCUT2D eigenvalue weighted by molar-refractivity contribution is 7.99. The van der Waals surface area contributed by atoms with E-state index in [1.54, 1.807) is 6.07 Å². The molecule has 0 spiro atoms. The molecule has 0 atom stereocenters. The third kappa shape index (κ3) is 2.30. The molecule has 2 aromatic carbocycles. The predicted molar refractivity (Wildman–Crippen MR) is 79.5 cm³/mol. The van der Waals surface area contributed by atoms with Gasteiger partial charge >= 0.3 is 5.63 Å². The standard InChI is InChI=1S/C16H12O3S/c1-10-7-8-13-12(9-10)14(17)15(16(18)19-13)20-11-5-3-2-4-6-11/h2-9,17H,1H3. The van der Waals surface area contributed by atoms with Crippen molar-refractivity contribution in [1.29, 1.82) is 0 Å². The van der Waals surface area contributed by atoms with Gasteiger partial charge in [0.15, 0.2) is 0 Å². The fraction of sp³-hybridized carbons (Fsp3) is 0.0625. The normalized spacial score (nSPS) is 10.8. The van der Waals surface area contributed by atoms with E-state index in [4.69, 9.17) is 4.42 Å². The fourth-order valence-electron chi connectivity index (χ4n) is 1.98. The second-order valence-corrected chi connectivity index (χ2v) is 5.57. The van der Waals surface area contributed by atoms with Crippen molar-refractivity contribution < 1.29 is 9.52 Å². The minimum Gasteiger partial charge on any atom is -0.506 e. The minimum atomic E-state index is -0.521. The number of aryl methyl sites for hydroxylation is 1. The van der Waals surface area contributed by atoms with Crippen LogP contribution in [0.25, 0.3) is 11.0 Å². The van der Waals surface area contributed by atoms with Crippen molar-refractivity contribution in [2.45, 2.75) is 16.7 Å². The summed E-state index contributed by atoms with van der Waals surface area (Å²) in [6, 6.07) is 14.8. The molecule has 0 fully saturated rings. The topological polar surface area (TPSA) is 50.4 Å². The van der Waals surface area contributed by atoms with Gasteiger partial charge < -0.3 is 9.52 Å². The molecule has 0 radical (unpaired) electrons. The summed E-state index contributed by atoms with van der Waals surface area (Å²) in [5.41, 5.74) is 0.875. The number of fused-ring (bicyclic) bond motifs is 1. The maximum Gasteiger partial charge on any atom is 0.354 e. The molecule has 1 heterocycles. The van der Waals surface area contributed by atoms with Gasteiger partial charge in [0.2, 0.25) is 0 Å². The maximum atomic E-state index is 12.0. The van der Waals surface area contributed by atoms with Crippen LogP contribution in [-0.2, 0) is 0 Å². The van der Waals surface area contributed by atoms with Crippen molar-refractivity contribution >= 4 is 22.7 Å². The third-order valence-corrected chi connectivity index (χ3v) is 4.03. The molecule has 0 unspecified atom stereocenters. The molecule has 0 aliphatic rings. The van der Waals surface area contributed by atoms with Gasteiger partial charge in [0, 0.05) is 4.90 Å². The van der Waals surface area contributed by atoms with E-state index in [2.05, 4.69) is 0 Å². The summed E-state index contributed by atoms with van der Waals surface area (Å²) in [5, 5.41) is 10.9. The van der Waals surface area contributed by atoms with Gasteiger partial charge in [0.05, 0.1) is 5.39 Å². The zero-order valence-electron chi connectivity index (χ0n) is 10.8. The molecule has 4 heteroatoms. The Morgan fingerprint density at radius 2 is 1.85 bits per heavy atom. The van der Waals surface area contributed by atoms with Crippen LogP contribution in [0, 0.1) is 6.92 Å². The van der Waals surface area contributed by atoms with Crippen molar-refractivity contribution in [3.63, 3.8) is 0 Å². The zero-order valence-corrected chi connectivity index (χ0v) is 11.6. The fourth-order valence-corrected chi connectivity index (χ4v) is 2.84. The lowest BCUT2D eigenvalue weighted by Crippen LogP contribution is -2.02. The van der Waals surface area contributed by atoms with Gasteiger partial charge in [0.1, 0.15) is 16.2 Å². The van der Waals surface area contributed by atoms with Crippen LogP contribution in [0.1, 0.15) is 5.56 Å². The largest absolute Gasteiger partial charge is 0.506 e. The number of hydrogen-bond donors (Lipinski definition) is 1. The van der Waals surface area contributed by atoms with Crippen LogP contribution >= 0.6 is 11.8 Å². The molecule has 0 saturated carbocycles. The highest BCUT2D eigenvalue weighted by Crippen LogP contribution is 2.36. The van der Waals surface area contributed by atoms with E-state index < -0.39 is 5.63 Å². The molecule has 0 saturated heterocycles. The molecule has 3 aromatic rings. The molecule has 1 aromatic heterocycles. The van der Waals surface area contributed by atoms with Crippen molar-refractivity contribution in [3.8, 4) is 5.75 Å². The van der Waals surface area contributed by atoms with Crippen molar-refractivity contribution in [3.05, 3.63) is 64.5 Å². The van der Waals surface area contributed by atoms with Gasteiger partial charge in [-0.25, -0.2) is 4.79 Å². The SMILES string of the molecule is Cc1ccc2oc(=O)c(Sc3ccccc3)c(O)c2c1. The van der Waals surface area contributed by atoms with Gasteiger partial charge in [-0.05, 0) is 31.2 Å². The third-order valence-electron chi connectivity index (χ3n) is 2.96. The van der Waals surface area contributed by atoms with Crippen LogP contribution < -0.4 is 5.63 Å². The van der Waals surface area contributed by atoms with Crippen LogP contribution in [0.5, 0.6) is 5.75 Å². The molecule has 0 amide bonds. The average Bonchev–Trinajstić information content (AvgIpc) is 2.46. The summed E-state index contributed by atoms with van der Waals surface area (Å²) in [6.07, 6.45) is 0. The Morgan fingerprint density at radius 1 is 1.10 bits per heavy atom. The van der Waals surface area contributed by atoms with E-state index in [-0.39, 0.29) is 10.6 Å². The van der Waals surface area contributed by atoms with Crippen molar-refractivity contribution in [2.24, 2.45) is 0 Å². The van der Waals surface area contributed by atoms with Crippen molar-refractivity contribution in [2.75, 3.05) is 0 Å². The highest BCUT2D eigenvalue weighted by atomic mass is 32.2. The first-order valence-electron chi connectivity index (χ1n) is 6.14. The summed E-state index contributed by atoms with van der Waals surface area (Å²) >= 11 is 1.21. The highest BCUT2D eigenvalue weighted by Gasteiger charge is 2.15. The molecule has 100 valence electrons. The Labute approximate surface area is 119 Å². The lowest BCUT2D eigenvalue weighted by molar-refractivity contribution is 0.447. The second-order valence-electron chi connectivity index (χ2n) is 4.48. The first-order chi connectivity index (χ1) is 9.65. The summed E-state index contributed by atoms with van der Waals surface area (Å²) < 4.78 is 5.26. The Balaban J connectivity index is 2.18. The van der Waals surface area contributed by atoms with Gasteiger partial charge in [-0.1, -0.05) is 41.6 Å². The van der Waals surface area contributed by atoms with Crippen LogP contribution in [0.2, 0.25) is 0 Å². The molecule has 3 rings (SSSR count). The van der Waals surface area contributed by atoms with E-state index in [0.717, 1.165) is 10.5 Å². The minimum absolute atomic E-state index is 0.0196. The predicted octanol–water partition coefficient (Wildman–Crippen LogP) is 3.96. The van der Waals surface area contributed by atoms with E-state index in [1.165, 1.54) is 11.8 Å². The molecule has 3 nitrogen and oxygen atoms in total. The Hall–Kier alpha value is -2.20. The van der Waals surface area contributed by atoms with E-state index in [1.807, 2.05) is 49.4 Å². The van der Waals surface area contributed by atoms with Gasteiger partial charge in [-0.2, -0.15) is 0 Å². The summed E-state index contributed by atoms with van der Waals surface area (Å²) in [7, 11) is 0. The Kier molecular flexibility index (Phi) is 3.24. The van der Waals surface area contributed by atoms with E-state index in [0.29, 0.717) is 11.0 Å². The molecule has 1 N–H and O–H groups in total. The molecule has 0 aliphatic carbocycles. The lowest BCUT2D eigenvalue weighted by Gasteiger charge is -2.06. The quantitative estimate of drug-likeness (QED) is 0.724. The molecular formula is C16H12O3S. The first kappa shape index (κ1) is 12.8. The zero-order chi connectivity index (χ0) is 14.1. The van der Waals surface area contributed by atoms with E-state index in [9.17, 15) is 9.90 Å². The van der Waals surface area contributed by atoms with Crippen molar-refractivity contribution in [1.82, 2.24) is 0 Å². The average molecular weight is 284 g/mol. The van der Waals surface area contributed by atoms with Crippen LogP contribution in [0.3, 0.4) is 0 Å². The summed E-state index contributed by atoms with van der Waals surface area (Å²) in [6.45, 7) is 1.92. The van der Waals surface area contributed by atoms with Gasteiger partial charge in [-0.15, -0.1) is 0 Å². The Morgan fingerprint density at radius 3 is 2.60 bits per heavy atom. The van der Waals surface area contributed by atoms with Crippen LogP contribution in [0.4, 0.5) is 0 Å². The Bertz CT molecular complexity index is 822. The molecule has 0 aliphatic heterocycles. The van der Waals surface area contributed by atoms with Gasteiger partial charge in [-0.3, -0.25) is 0 Å². The number of benzene rings is 2. The second kappa shape index (κ2) is 5.06. The van der Waals surface area contributed by atoms with Crippen LogP contribution in [-0.4, -0.2) is 5.11 Å². The van der Waals surface area contributed by atoms with Gasteiger partial charge in [0.25, 0.3) is 0 Å². The molecule has 0 bridgehead atoms. The number of aromatic hydroxyl groups is 1. The maximum absolute atomic E-state index is 12.0. The van der Waals surface area contributed by atoms with E-state index >= 15 is 0 Å².